The summed E-state index contributed by atoms with van der Waals surface area (Å²) in [6, 6.07) is 8.20. The SMILES string of the molecule is CN=C(NCCCN1CC(C)OC(C)C1)NCc1ccc(N2CCCC2=O)cc1. The lowest BCUT2D eigenvalue weighted by molar-refractivity contribution is -0.117. The number of morpholine rings is 1. The highest BCUT2D eigenvalue weighted by Gasteiger charge is 2.22. The summed E-state index contributed by atoms with van der Waals surface area (Å²) >= 11 is 0. The lowest BCUT2D eigenvalue weighted by Gasteiger charge is -2.35. The molecule has 0 spiro atoms. The Balaban J connectivity index is 1.36. The molecule has 0 radical (unpaired) electrons. The highest BCUT2D eigenvalue weighted by Crippen LogP contribution is 2.21. The first kappa shape index (κ1) is 21.6. The third kappa shape index (κ3) is 6.44. The van der Waals surface area contributed by atoms with Crippen molar-refractivity contribution in [2.24, 2.45) is 4.99 Å². The van der Waals surface area contributed by atoms with E-state index >= 15 is 0 Å². The van der Waals surface area contributed by atoms with E-state index < -0.39 is 0 Å². The van der Waals surface area contributed by atoms with Crippen molar-refractivity contribution < 1.29 is 9.53 Å². The zero-order chi connectivity index (χ0) is 20.6. The predicted octanol–water partition coefficient (Wildman–Crippen LogP) is 1.98. The number of anilines is 1. The van der Waals surface area contributed by atoms with Gasteiger partial charge in [0.05, 0.1) is 12.2 Å². The van der Waals surface area contributed by atoms with E-state index in [9.17, 15) is 4.79 Å². The fraction of sp³-hybridized carbons (Fsp3) is 0.636. The average molecular weight is 402 g/mol. The summed E-state index contributed by atoms with van der Waals surface area (Å²) in [5.41, 5.74) is 2.16. The first-order valence-corrected chi connectivity index (χ1v) is 10.8. The largest absolute Gasteiger partial charge is 0.373 e. The summed E-state index contributed by atoms with van der Waals surface area (Å²) in [4.78, 5) is 20.5. The molecular weight excluding hydrogens is 366 g/mol. The Labute approximate surface area is 174 Å². The maximum Gasteiger partial charge on any atom is 0.227 e. The molecule has 1 aromatic rings. The molecule has 3 rings (SSSR count). The van der Waals surface area contributed by atoms with Gasteiger partial charge in [0.15, 0.2) is 5.96 Å². The van der Waals surface area contributed by atoms with Gasteiger partial charge < -0.3 is 20.3 Å². The van der Waals surface area contributed by atoms with E-state index in [1.165, 1.54) is 5.56 Å². The van der Waals surface area contributed by atoms with Crippen molar-refractivity contribution in [1.82, 2.24) is 15.5 Å². The van der Waals surface area contributed by atoms with Gasteiger partial charge in [-0.15, -0.1) is 0 Å². The number of carbonyl (C=O) groups excluding carboxylic acids is 1. The Hall–Kier alpha value is -2.12. The summed E-state index contributed by atoms with van der Waals surface area (Å²) in [5.74, 6) is 1.04. The number of aliphatic imine (C=N–C) groups is 1. The van der Waals surface area contributed by atoms with Gasteiger partial charge in [0.1, 0.15) is 0 Å². The number of nitrogens with zero attached hydrogens (tertiary/aromatic N) is 3. The van der Waals surface area contributed by atoms with E-state index in [0.717, 1.165) is 57.2 Å². The van der Waals surface area contributed by atoms with E-state index in [1.54, 1.807) is 7.05 Å². The van der Waals surface area contributed by atoms with E-state index in [1.807, 2.05) is 17.0 Å². The zero-order valence-electron chi connectivity index (χ0n) is 18.0. The maximum absolute atomic E-state index is 11.9. The molecule has 2 fully saturated rings. The molecule has 2 unspecified atom stereocenters. The molecule has 29 heavy (non-hydrogen) atoms. The molecule has 0 bridgehead atoms. The summed E-state index contributed by atoms with van der Waals surface area (Å²) in [6.45, 7) is 9.78. The highest BCUT2D eigenvalue weighted by molar-refractivity contribution is 5.95. The van der Waals surface area contributed by atoms with Crippen LogP contribution in [0.2, 0.25) is 0 Å². The average Bonchev–Trinajstić information content (AvgIpc) is 3.13. The Kier molecular flexibility index (Phi) is 7.89. The summed E-state index contributed by atoms with van der Waals surface area (Å²) < 4.78 is 5.79. The van der Waals surface area contributed by atoms with Crippen LogP contribution in [0.5, 0.6) is 0 Å². The Morgan fingerprint density at radius 3 is 2.52 bits per heavy atom. The van der Waals surface area contributed by atoms with Crippen LogP contribution in [0.1, 0.15) is 38.7 Å². The van der Waals surface area contributed by atoms with Crippen molar-refractivity contribution in [3.05, 3.63) is 29.8 Å². The number of amides is 1. The van der Waals surface area contributed by atoms with Gasteiger partial charge in [0.25, 0.3) is 0 Å². The van der Waals surface area contributed by atoms with Gasteiger partial charge in [0, 0.05) is 58.4 Å². The van der Waals surface area contributed by atoms with Gasteiger partial charge in [0.2, 0.25) is 5.91 Å². The van der Waals surface area contributed by atoms with Crippen LogP contribution >= 0.6 is 0 Å². The van der Waals surface area contributed by atoms with E-state index in [4.69, 9.17) is 4.74 Å². The van der Waals surface area contributed by atoms with Crippen LogP contribution in [0.4, 0.5) is 5.69 Å². The molecule has 1 aromatic carbocycles. The summed E-state index contributed by atoms with van der Waals surface area (Å²) in [6.07, 6.45) is 3.31. The second-order valence-corrected chi connectivity index (χ2v) is 8.04. The second kappa shape index (κ2) is 10.6. The number of rotatable bonds is 7. The van der Waals surface area contributed by atoms with Gasteiger partial charge in [-0.05, 0) is 44.4 Å². The van der Waals surface area contributed by atoms with Crippen molar-refractivity contribution in [2.75, 3.05) is 44.7 Å². The molecule has 7 heteroatoms. The first-order chi connectivity index (χ1) is 14.0. The maximum atomic E-state index is 11.9. The van der Waals surface area contributed by atoms with Crippen molar-refractivity contribution >= 4 is 17.6 Å². The van der Waals surface area contributed by atoms with Crippen LogP contribution in [-0.4, -0.2) is 68.7 Å². The molecule has 2 aliphatic heterocycles. The van der Waals surface area contributed by atoms with Gasteiger partial charge in [-0.3, -0.25) is 14.7 Å². The summed E-state index contributed by atoms with van der Waals surface area (Å²) in [7, 11) is 1.79. The molecule has 160 valence electrons. The van der Waals surface area contributed by atoms with Crippen molar-refractivity contribution in [3.8, 4) is 0 Å². The second-order valence-electron chi connectivity index (χ2n) is 8.04. The van der Waals surface area contributed by atoms with E-state index in [2.05, 4.69) is 46.5 Å². The lowest BCUT2D eigenvalue weighted by atomic mass is 10.2. The number of nitrogens with one attached hydrogen (secondary N) is 2. The molecule has 2 saturated heterocycles. The van der Waals surface area contributed by atoms with Gasteiger partial charge in [-0.25, -0.2) is 0 Å². The van der Waals surface area contributed by atoms with E-state index in [0.29, 0.717) is 25.2 Å². The van der Waals surface area contributed by atoms with Crippen LogP contribution in [0.3, 0.4) is 0 Å². The van der Waals surface area contributed by atoms with Gasteiger partial charge in [-0.1, -0.05) is 12.1 Å². The van der Waals surface area contributed by atoms with Crippen molar-refractivity contribution in [1.29, 1.82) is 0 Å². The van der Waals surface area contributed by atoms with Crippen LogP contribution < -0.4 is 15.5 Å². The Morgan fingerprint density at radius 2 is 1.90 bits per heavy atom. The Morgan fingerprint density at radius 1 is 1.17 bits per heavy atom. The molecule has 2 aliphatic rings. The smallest absolute Gasteiger partial charge is 0.227 e. The third-order valence-electron chi connectivity index (χ3n) is 5.44. The van der Waals surface area contributed by atoms with E-state index in [-0.39, 0.29) is 5.91 Å². The molecule has 0 aromatic heterocycles. The fourth-order valence-corrected chi connectivity index (χ4v) is 4.10. The molecule has 7 nitrogen and oxygen atoms in total. The highest BCUT2D eigenvalue weighted by atomic mass is 16.5. The predicted molar refractivity (Wildman–Crippen MR) is 117 cm³/mol. The minimum Gasteiger partial charge on any atom is -0.373 e. The number of guanidine groups is 1. The summed E-state index contributed by atoms with van der Waals surface area (Å²) in [5, 5.41) is 6.75. The third-order valence-corrected chi connectivity index (χ3v) is 5.44. The number of carbonyl (C=O) groups is 1. The fourth-order valence-electron chi connectivity index (χ4n) is 4.10. The normalized spacial score (nSPS) is 23.5. The number of hydrogen-bond acceptors (Lipinski definition) is 4. The molecule has 0 saturated carbocycles. The molecule has 2 atom stereocenters. The number of benzene rings is 1. The molecule has 1 amide bonds. The number of hydrogen-bond donors (Lipinski definition) is 2. The molecule has 2 N–H and O–H groups in total. The molecular formula is C22H35N5O2. The van der Waals surface area contributed by atoms with Crippen molar-refractivity contribution in [3.63, 3.8) is 0 Å². The first-order valence-electron chi connectivity index (χ1n) is 10.8. The topological polar surface area (TPSA) is 69.2 Å². The lowest BCUT2D eigenvalue weighted by Crippen LogP contribution is -2.46. The van der Waals surface area contributed by atoms with Crippen LogP contribution in [0, 0.1) is 0 Å². The van der Waals surface area contributed by atoms with Gasteiger partial charge >= 0.3 is 0 Å². The zero-order valence-corrected chi connectivity index (χ0v) is 18.0. The van der Waals surface area contributed by atoms with Crippen LogP contribution in [0.25, 0.3) is 0 Å². The quantitative estimate of drug-likeness (QED) is 0.415. The molecule has 2 heterocycles. The monoisotopic (exact) mass is 401 g/mol. The van der Waals surface area contributed by atoms with Crippen molar-refractivity contribution in [2.45, 2.75) is 51.9 Å². The van der Waals surface area contributed by atoms with Gasteiger partial charge in [-0.2, -0.15) is 0 Å². The standard InChI is InChI=1S/C22H35N5O2/c1-17-15-26(16-18(2)29-17)12-5-11-24-22(23-3)25-14-19-7-9-20(10-8-19)27-13-4-6-21(27)28/h7-10,17-18H,4-6,11-16H2,1-3H3,(H2,23,24,25). The van der Waals surface area contributed by atoms with Crippen LogP contribution in [-0.2, 0) is 16.1 Å². The molecule has 0 aliphatic carbocycles. The number of ether oxygens (including phenoxy) is 1. The minimum atomic E-state index is 0.224. The Bertz CT molecular complexity index is 681. The van der Waals surface area contributed by atoms with Crippen LogP contribution in [0.15, 0.2) is 29.3 Å². The minimum absolute atomic E-state index is 0.224.